The second kappa shape index (κ2) is 17.3. The van der Waals surface area contributed by atoms with Gasteiger partial charge in [0.25, 0.3) is 0 Å². The van der Waals surface area contributed by atoms with E-state index in [-0.39, 0.29) is 0 Å². The zero-order valence-electron chi connectivity index (χ0n) is 18.2. The van der Waals surface area contributed by atoms with Crippen LogP contribution in [-0.2, 0) is 0 Å². The van der Waals surface area contributed by atoms with Crippen molar-refractivity contribution in [1.82, 2.24) is 10.2 Å². The summed E-state index contributed by atoms with van der Waals surface area (Å²) in [5.74, 6) is 0.290. The van der Waals surface area contributed by atoms with Gasteiger partial charge in [-0.25, -0.2) is 0 Å². The molecule has 4 heteroatoms. The molecule has 0 heterocycles. The van der Waals surface area contributed by atoms with Gasteiger partial charge < -0.3 is 16.0 Å². The van der Waals surface area contributed by atoms with Gasteiger partial charge in [-0.1, -0.05) is 84.0 Å². The molecule has 1 aliphatic carbocycles. The first-order valence-electron chi connectivity index (χ1n) is 12.1. The Morgan fingerprint density at radius 2 is 1.33 bits per heavy atom. The van der Waals surface area contributed by atoms with Gasteiger partial charge >= 0.3 is 0 Å². The number of rotatable bonds is 17. The molecule has 0 atom stereocenters. The Balaban J connectivity index is 1.86. The maximum absolute atomic E-state index is 7.87. The molecule has 0 radical (unpaired) electrons. The van der Waals surface area contributed by atoms with Crippen molar-refractivity contribution in [2.24, 2.45) is 5.73 Å². The Kier molecular flexibility index (Phi) is 15.6. The van der Waals surface area contributed by atoms with E-state index in [0.717, 1.165) is 6.54 Å². The molecule has 0 unspecified atom stereocenters. The summed E-state index contributed by atoms with van der Waals surface area (Å²) in [6.45, 7) is 5.66. The van der Waals surface area contributed by atoms with E-state index in [2.05, 4.69) is 17.1 Å². The summed E-state index contributed by atoms with van der Waals surface area (Å²) >= 11 is 0. The summed E-state index contributed by atoms with van der Waals surface area (Å²) in [6.07, 6.45) is 22.6. The lowest BCUT2D eigenvalue weighted by molar-refractivity contribution is 0.236. The molecule has 0 aliphatic heterocycles. The zero-order chi connectivity index (χ0) is 19.6. The van der Waals surface area contributed by atoms with Gasteiger partial charge in [0, 0.05) is 12.6 Å². The van der Waals surface area contributed by atoms with E-state index in [9.17, 15) is 0 Å². The molecule has 0 aromatic rings. The molecule has 0 amide bonds. The van der Waals surface area contributed by atoms with Gasteiger partial charge in [-0.15, -0.1) is 0 Å². The first-order valence-corrected chi connectivity index (χ1v) is 12.1. The van der Waals surface area contributed by atoms with Gasteiger partial charge in [0.05, 0.1) is 0 Å². The molecule has 4 nitrogen and oxygen atoms in total. The second-order valence-electron chi connectivity index (χ2n) is 8.51. The third-order valence-corrected chi connectivity index (χ3v) is 6.03. The highest BCUT2D eigenvalue weighted by atomic mass is 15.2. The molecule has 27 heavy (non-hydrogen) atoms. The van der Waals surface area contributed by atoms with Crippen LogP contribution in [0.3, 0.4) is 0 Å². The molecular weight excluding hydrogens is 332 g/mol. The van der Waals surface area contributed by atoms with E-state index in [1.807, 2.05) is 0 Å². The van der Waals surface area contributed by atoms with Gasteiger partial charge in [-0.3, -0.25) is 5.41 Å². The lowest BCUT2D eigenvalue weighted by atomic mass is 9.94. The van der Waals surface area contributed by atoms with Crippen LogP contribution in [-0.4, -0.2) is 36.5 Å². The zero-order valence-corrected chi connectivity index (χ0v) is 18.2. The normalized spacial score (nSPS) is 15.1. The number of unbranched alkanes of at least 4 members (excludes halogenated alkanes) is 10. The Hall–Kier alpha value is -0.770. The molecule has 1 saturated carbocycles. The van der Waals surface area contributed by atoms with Gasteiger partial charge in [0.1, 0.15) is 0 Å². The molecule has 1 fully saturated rings. The number of hydrogen-bond donors (Lipinski definition) is 3. The van der Waals surface area contributed by atoms with Crippen LogP contribution in [0, 0.1) is 5.41 Å². The van der Waals surface area contributed by atoms with Crippen molar-refractivity contribution in [1.29, 1.82) is 5.41 Å². The van der Waals surface area contributed by atoms with Gasteiger partial charge in [0.15, 0.2) is 5.96 Å². The number of nitrogens with one attached hydrogen (secondary N) is 2. The topological polar surface area (TPSA) is 65.1 Å². The molecule has 0 aromatic carbocycles. The Morgan fingerprint density at radius 1 is 0.815 bits per heavy atom. The molecule has 1 aliphatic rings. The molecular formula is C23H48N4. The summed E-state index contributed by atoms with van der Waals surface area (Å²) in [7, 11) is 0. The minimum Gasteiger partial charge on any atom is -0.370 e. The van der Waals surface area contributed by atoms with Crippen molar-refractivity contribution in [3.8, 4) is 0 Å². The highest BCUT2D eigenvalue weighted by molar-refractivity contribution is 5.74. The summed E-state index contributed by atoms with van der Waals surface area (Å²) < 4.78 is 0. The highest BCUT2D eigenvalue weighted by Crippen LogP contribution is 2.22. The van der Waals surface area contributed by atoms with Crippen molar-refractivity contribution in [2.75, 3.05) is 19.6 Å². The largest absolute Gasteiger partial charge is 0.370 e. The fraction of sp³-hybridized carbons (Fsp3) is 0.957. The van der Waals surface area contributed by atoms with Crippen LogP contribution in [0.2, 0.25) is 0 Å². The standard InChI is InChI=1S/C23H48N4/c1-2-3-4-5-8-14-19-26-20-15-9-6-7-10-16-21-27(23(24)25)22-17-12-11-13-18-22/h22,26H,2-21H2,1H3,(H3,24,25). The monoisotopic (exact) mass is 380 g/mol. The van der Waals surface area contributed by atoms with Crippen LogP contribution in [0.4, 0.5) is 0 Å². The van der Waals surface area contributed by atoms with Crippen molar-refractivity contribution in [2.45, 2.75) is 122 Å². The van der Waals surface area contributed by atoms with E-state index < -0.39 is 0 Å². The second-order valence-corrected chi connectivity index (χ2v) is 8.51. The molecule has 0 spiro atoms. The maximum atomic E-state index is 7.87. The molecule has 0 aromatic heterocycles. The molecule has 160 valence electrons. The predicted octanol–water partition coefficient (Wildman–Crippen LogP) is 5.81. The summed E-state index contributed by atoms with van der Waals surface area (Å²) in [6, 6.07) is 0.536. The minimum atomic E-state index is 0.290. The first-order chi connectivity index (χ1) is 13.3. The number of hydrogen-bond acceptors (Lipinski definition) is 2. The van der Waals surface area contributed by atoms with E-state index in [0.29, 0.717) is 12.0 Å². The van der Waals surface area contributed by atoms with Gasteiger partial charge in [-0.2, -0.15) is 0 Å². The number of nitrogens with two attached hydrogens (primary N) is 1. The first kappa shape index (κ1) is 24.3. The average molecular weight is 381 g/mol. The van der Waals surface area contributed by atoms with Crippen LogP contribution in [0.25, 0.3) is 0 Å². The molecule has 0 bridgehead atoms. The number of guanidine groups is 1. The smallest absolute Gasteiger partial charge is 0.188 e. The Morgan fingerprint density at radius 3 is 1.89 bits per heavy atom. The van der Waals surface area contributed by atoms with Crippen LogP contribution >= 0.6 is 0 Å². The quantitative estimate of drug-likeness (QED) is 0.170. The third kappa shape index (κ3) is 13.1. The Labute approximate surface area is 169 Å². The van der Waals surface area contributed by atoms with E-state index >= 15 is 0 Å². The van der Waals surface area contributed by atoms with Gasteiger partial charge in [-0.05, 0) is 45.2 Å². The summed E-state index contributed by atoms with van der Waals surface area (Å²) in [5, 5.41) is 11.5. The summed E-state index contributed by atoms with van der Waals surface area (Å²) in [4.78, 5) is 2.17. The molecule has 1 rings (SSSR count). The van der Waals surface area contributed by atoms with Crippen LogP contribution in [0.1, 0.15) is 116 Å². The average Bonchev–Trinajstić information content (AvgIpc) is 2.68. The van der Waals surface area contributed by atoms with Crippen molar-refractivity contribution in [3.63, 3.8) is 0 Å². The van der Waals surface area contributed by atoms with Crippen LogP contribution in [0.5, 0.6) is 0 Å². The minimum absolute atomic E-state index is 0.290. The maximum Gasteiger partial charge on any atom is 0.188 e. The van der Waals surface area contributed by atoms with Crippen LogP contribution in [0.15, 0.2) is 0 Å². The van der Waals surface area contributed by atoms with Gasteiger partial charge in [0.2, 0.25) is 0 Å². The van der Waals surface area contributed by atoms with Crippen molar-refractivity contribution in [3.05, 3.63) is 0 Å². The summed E-state index contributed by atoms with van der Waals surface area (Å²) in [5.41, 5.74) is 5.83. The number of nitrogens with zero attached hydrogens (tertiary/aromatic N) is 1. The lowest BCUT2D eigenvalue weighted by Crippen LogP contribution is -2.45. The van der Waals surface area contributed by atoms with Crippen molar-refractivity contribution < 1.29 is 0 Å². The predicted molar refractivity (Wildman–Crippen MR) is 119 cm³/mol. The fourth-order valence-electron chi connectivity index (χ4n) is 4.29. The molecule has 4 N–H and O–H groups in total. The van der Waals surface area contributed by atoms with E-state index in [1.54, 1.807) is 0 Å². The highest BCUT2D eigenvalue weighted by Gasteiger charge is 2.21. The molecule has 0 saturated heterocycles. The fourth-order valence-corrected chi connectivity index (χ4v) is 4.29. The SMILES string of the molecule is CCCCCCCCNCCCCCCCCN(C(=N)N)C1CCCCC1. The Bertz CT molecular complexity index is 339. The van der Waals surface area contributed by atoms with E-state index in [4.69, 9.17) is 11.1 Å². The van der Waals surface area contributed by atoms with Crippen LogP contribution < -0.4 is 11.1 Å². The third-order valence-electron chi connectivity index (χ3n) is 6.03. The van der Waals surface area contributed by atoms with E-state index in [1.165, 1.54) is 122 Å². The van der Waals surface area contributed by atoms with Crippen molar-refractivity contribution >= 4 is 5.96 Å². The lowest BCUT2D eigenvalue weighted by Gasteiger charge is -2.34.